The Hall–Kier alpha value is -2.04. The number of amides is 1. The van der Waals surface area contributed by atoms with Crippen LogP contribution in [0.15, 0.2) is 23.3 Å². The number of ether oxygens (including phenoxy) is 2. The zero-order chi connectivity index (χ0) is 18.3. The maximum Gasteiger partial charge on any atom is 0.240 e. The van der Waals surface area contributed by atoms with Gasteiger partial charge in [-0.15, -0.1) is 0 Å². The summed E-state index contributed by atoms with van der Waals surface area (Å²) in [4.78, 5) is 11.8. The number of carbonyl (C=O) groups excluding carboxylic acids is 1. The van der Waals surface area contributed by atoms with Crippen LogP contribution in [0.25, 0.3) is 0 Å². The summed E-state index contributed by atoms with van der Waals surface area (Å²) in [6.45, 7) is 2.23. The van der Waals surface area contributed by atoms with Crippen molar-refractivity contribution < 1.29 is 14.3 Å². The third-order valence-corrected chi connectivity index (χ3v) is 4.09. The Morgan fingerprint density at radius 3 is 2.36 bits per heavy atom. The van der Waals surface area contributed by atoms with Gasteiger partial charge in [-0.2, -0.15) is 5.10 Å². The van der Waals surface area contributed by atoms with Crippen molar-refractivity contribution in [1.29, 1.82) is 0 Å². The van der Waals surface area contributed by atoms with Gasteiger partial charge in [-0.3, -0.25) is 4.79 Å². The first-order valence-corrected chi connectivity index (χ1v) is 9.25. The third-order valence-electron chi connectivity index (χ3n) is 4.09. The molecule has 5 nitrogen and oxygen atoms in total. The predicted molar refractivity (Wildman–Crippen MR) is 103 cm³/mol. The number of hydrogen-bond acceptors (Lipinski definition) is 4. The Kier molecular flexibility index (Phi) is 11.2. The number of rotatable bonds is 13. The van der Waals surface area contributed by atoms with E-state index in [1.165, 1.54) is 38.5 Å². The first-order chi connectivity index (χ1) is 12.2. The van der Waals surface area contributed by atoms with E-state index < -0.39 is 0 Å². The number of carbonyl (C=O) groups is 1. The molecule has 0 unspecified atom stereocenters. The molecule has 1 rings (SSSR count). The van der Waals surface area contributed by atoms with Crippen molar-refractivity contribution in [2.24, 2.45) is 5.10 Å². The minimum absolute atomic E-state index is 0.0518. The van der Waals surface area contributed by atoms with E-state index in [4.69, 9.17) is 9.47 Å². The summed E-state index contributed by atoms with van der Waals surface area (Å²) in [5.41, 5.74) is 3.33. The fourth-order valence-corrected chi connectivity index (χ4v) is 2.59. The maximum atomic E-state index is 11.8. The second-order valence-corrected chi connectivity index (χ2v) is 6.13. The summed E-state index contributed by atoms with van der Waals surface area (Å²) < 4.78 is 10.5. The average Bonchev–Trinajstić information content (AvgIpc) is 2.63. The summed E-state index contributed by atoms with van der Waals surface area (Å²) in [6, 6.07) is 5.44. The van der Waals surface area contributed by atoms with Gasteiger partial charge in [0.05, 0.1) is 20.4 Å². The number of nitrogens with one attached hydrogen (secondary N) is 1. The Bertz CT molecular complexity index is 530. The number of methoxy groups -OCH3 is 2. The van der Waals surface area contributed by atoms with E-state index in [-0.39, 0.29) is 5.91 Å². The van der Waals surface area contributed by atoms with Crippen molar-refractivity contribution in [1.82, 2.24) is 5.43 Å². The minimum Gasteiger partial charge on any atom is -0.497 e. The molecule has 0 fully saturated rings. The Morgan fingerprint density at radius 1 is 1.04 bits per heavy atom. The van der Waals surface area contributed by atoms with E-state index in [2.05, 4.69) is 17.5 Å². The van der Waals surface area contributed by atoms with Gasteiger partial charge in [-0.25, -0.2) is 5.43 Å². The molecule has 1 N–H and O–H groups in total. The first kappa shape index (κ1) is 21.0. The molecule has 0 bridgehead atoms. The third kappa shape index (κ3) is 9.13. The van der Waals surface area contributed by atoms with E-state index in [1.54, 1.807) is 20.4 Å². The largest absolute Gasteiger partial charge is 0.497 e. The van der Waals surface area contributed by atoms with Crippen LogP contribution in [0.5, 0.6) is 11.5 Å². The van der Waals surface area contributed by atoms with Gasteiger partial charge in [0.1, 0.15) is 11.5 Å². The van der Waals surface area contributed by atoms with Crippen LogP contribution in [0.3, 0.4) is 0 Å². The Balaban J connectivity index is 2.24. The number of benzene rings is 1. The molecule has 5 heteroatoms. The smallest absolute Gasteiger partial charge is 0.240 e. The fraction of sp³-hybridized carbons (Fsp3) is 0.600. The van der Waals surface area contributed by atoms with Crippen molar-refractivity contribution in [3.63, 3.8) is 0 Å². The monoisotopic (exact) mass is 348 g/mol. The van der Waals surface area contributed by atoms with Crippen LogP contribution in [-0.4, -0.2) is 26.3 Å². The van der Waals surface area contributed by atoms with Crippen molar-refractivity contribution in [2.45, 2.75) is 64.7 Å². The standard InChI is InChI=1S/C20H32N2O3/c1-4-5-6-7-8-9-10-11-12-20(23)22-21-16-17-15-18(24-2)13-14-19(17)25-3/h13-16H,4-12H2,1-3H3,(H,22,23). The zero-order valence-corrected chi connectivity index (χ0v) is 15.8. The number of nitrogens with zero attached hydrogens (tertiary/aromatic N) is 1. The van der Waals surface area contributed by atoms with E-state index in [9.17, 15) is 4.79 Å². The lowest BCUT2D eigenvalue weighted by Crippen LogP contribution is -2.17. The van der Waals surface area contributed by atoms with Gasteiger partial charge in [-0.1, -0.05) is 51.9 Å². The van der Waals surface area contributed by atoms with Gasteiger partial charge in [0.2, 0.25) is 5.91 Å². The van der Waals surface area contributed by atoms with Crippen LogP contribution in [0.4, 0.5) is 0 Å². The molecule has 0 radical (unpaired) electrons. The molecular formula is C20H32N2O3. The lowest BCUT2D eigenvalue weighted by atomic mass is 10.1. The molecule has 25 heavy (non-hydrogen) atoms. The van der Waals surface area contributed by atoms with E-state index in [0.717, 1.165) is 18.4 Å². The summed E-state index contributed by atoms with van der Waals surface area (Å²) in [6.07, 6.45) is 11.8. The fourth-order valence-electron chi connectivity index (χ4n) is 2.59. The van der Waals surface area contributed by atoms with Gasteiger partial charge < -0.3 is 9.47 Å². The first-order valence-electron chi connectivity index (χ1n) is 9.25. The molecule has 140 valence electrons. The summed E-state index contributed by atoms with van der Waals surface area (Å²) >= 11 is 0. The highest BCUT2D eigenvalue weighted by Gasteiger charge is 2.03. The average molecular weight is 348 g/mol. The van der Waals surface area contributed by atoms with E-state index >= 15 is 0 Å². The molecule has 0 aliphatic rings. The summed E-state index contributed by atoms with van der Waals surface area (Å²) in [7, 11) is 3.20. The van der Waals surface area contributed by atoms with Gasteiger partial charge in [-0.05, 0) is 24.6 Å². The maximum absolute atomic E-state index is 11.8. The van der Waals surface area contributed by atoms with Gasteiger partial charge in [0.25, 0.3) is 0 Å². The molecule has 1 amide bonds. The Labute approximate surface area is 151 Å². The highest BCUT2D eigenvalue weighted by molar-refractivity contribution is 5.85. The quantitative estimate of drug-likeness (QED) is 0.320. The molecule has 0 atom stereocenters. The van der Waals surface area contributed by atoms with Crippen molar-refractivity contribution in [3.05, 3.63) is 23.8 Å². The summed E-state index contributed by atoms with van der Waals surface area (Å²) in [5.74, 6) is 1.35. The zero-order valence-electron chi connectivity index (χ0n) is 15.8. The van der Waals surface area contributed by atoms with Crippen LogP contribution in [0, 0.1) is 0 Å². The molecule has 1 aromatic carbocycles. The SMILES string of the molecule is CCCCCCCCCCC(=O)NN=Cc1cc(OC)ccc1OC. The van der Waals surface area contributed by atoms with Crippen molar-refractivity contribution >= 4 is 12.1 Å². The number of hydrogen-bond donors (Lipinski definition) is 1. The number of hydrazone groups is 1. The highest BCUT2D eigenvalue weighted by atomic mass is 16.5. The predicted octanol–water partition coefficient (Wildman–Crippen LogP) is 4.68. The van der Waals surface area contributed by atoms with Crippen LogP contribution in [0.1, 0.15) is 70.3 Å². The van der Waals surface area contributed by atoms with E-state index in [0.29, 0.717) is 17.9 Å². The van der Waals surface area contributed by atoms with Gasteiger partial charge in [0, 0.05) is 12.0 Å². The normalized spacial score (nSPS) is 10.8. The van der Waals surface area contributed by atoms with Crippen LogP contribution < -0.4 is 14.9 Å². The minimum atomic E-state index is -0.0518. The molecule has 0 aromatic heterocycles. The van der Waals surface area contributed by atoms with Crippen LogP contribution in [0.2, 0.25) is 0 Å². The topological polar surface area (TPSA) is 59.9 Å². The molecule has 0 saturated heterocycles. The summed E-state index contributed by atoms with van der Waals surface area (Å²) in [5, 5.41) is 4.01. The lowest BCUT2D eigenvalue weighted by molar-refractivity contribution is -0.121. The van der Waals surface area contributed by atoms with Crippen molar-refractivity contribution in [3.8, 4) is 11.5 Å². The molecule has 0 aliphatic carbocycles. The molecule has 0 saturated carbocycles. The van der Waals surface area contributed by atoms with Crippen LogP contribution in [-0.2, 0) is 4.79 Å². The molecular weight excluding hydrogens is 316 g/mol. The van der Waals surface area contributed by atoms with Crippen molar-refractivity contribution in [2.75, 3.05) is 14.2 Å². The lowest BCUT2D eigenvalue weighted by Gasteiger charge is -2.06. The number of unbranched alkanes of at least 4 members (excludes halogenated alkanes) is 7. The molecule has 0 spiro atoms. The second kappa shape index (κ2) is 13.3. The van der Waals surface area contributed by atoms with Gasteiger partial charge in [0.15, 0.2) is 0 Å². The molecule has 0 aliphatic heterocycles. The highest BCUT2D eigenvalue weighted by Crippen LogP contribution is 2.22. The second-order valence-electron chi connectivity index (χ2n) is 6.13. The Morgan fingerprint density at radius 2 is 1.72 bits per heavy atom. The molecule has 0 heterocycles. The van der Waals surface area contributed by atoms with Gasteiger partial charge >= 0.3 is 0 Å². The van der Waals surface area contributed by atoms with E-state index in [1.807, 2.05) is 18.2 Å². The van der Waals surface area contributed by atoms with Crippen LogP contribution >= 0.6 is 0 Å². The molecule has 1 aromatic rings.